The summed E-state index contributed by atoms with van der Waals surface area (Å²) in [6.07, 6.45) is 7.03. The van der Waals surface area contributed by atoms with Gasteiger partial charge in [-0.2, -0.15) is 0 Å². The molecule has 0 atom stereocenters. The van der Waals surface area contributed by atoms with E-state index in [9.17, 15) is 0 Å². The second-order valence-corrected chi connectivity index (χ2v) is 5.70. The maximum Gasteiger partial charge on any atom is 0.191 e. The van der Waals surface area contributed by atoms with E-state index >= 15 is 0 Å². The average molecular weight is 466 g/mol. The Morgan fingerprint density at radius 1 is 1.12 bits per heavy atom. The Kier molecular flexibility index (Phi) is 16.0. The van der Waals surface area contributed by atoms with Gasteiger partial charge >= 0.3 is 0 Å². The number of guanidine groups is 1. The fourth-order valence-corrected chi connectivity index (χ4v) is 2.16. The molecule has 0 aromatic carbocycles. The largest absolute Gasteiger partial charge is 0.381 e. The summed E-state index contributed by atoms with van der Waals surface area (Å²) in [5.41, 5.74) is 0. The molecule has 0 fully saturated rings. The van der Waals surface area contributed by atoms with Crippen molar-refractivity contribution >= 4 is 29.9 Å². The van der Waals surface area contributed by atoms with Crippen LogP contribution in [-0.2, 0) is 17.7 Å². The van der Waals surface area contributed by atoms with Gasteiger partial charge < -0.3 is 19.9 Å². The Hall–Kier alpha value is -0.900. The SMILES string of the molecule is CCCCOCCCNC(=NCCC)NCCn1cnnc1CC.I. The maximum atomic E-state index is 5.58. The van der Waals surface area contributed by atoms with Gasteiger partial charge in [-0.3, -0.25) is 4.99 Å². The summed E-state index contributed by atoms with van der Waals surface area (Å²) in [7, 11) is 0. The minimum absolute atomic E-state index is 0. The molecule has 0 saturated heterocycles. The van der Waals surface area contributed by atoms with E-state index in [2.05, 4.69) is 51.2 Å². The van der Waals surface area contributed by atoms with Crippen LogP contribution in [0.5, 0.6) is 0 Å². The van der Waals surface area contributed by atoms with E-state index in [1.165, 1.54) is 6.42 Å². The Bertz CT molecular complexity index is 452. The van der Waals surface area contributed by atoms with Crippen molar-refractivity contribution in [2.75, 3.05) is 32.8 Å². The third-order valence-electron chi connectivity index (χ3n) is 3.55. The number of aliphatic imine (C=N–C) groups is 1. The van der Waals surface area contributed by atoms with Crippen molar-refractivity contribution in [3.8, 4) is 0 Å². The first-order valence-electron chi connectivity index (χ1n) is 9.28. The highest BCUT2D eigenvalue weighted by atomic mass is 127. The third-order valence-corrected chi connectivity index (χ3v) is 3.55. The zero-order valence-electron chi connectivity index (χ0n) is 16.0. The number of aryl methyl sites for hydroxylation is 1. The van der Waals surface area contributed by atoms with Crippen LogP contribution in [0.1, 0.15) is 52.3 Å². The van der Waals surface area contributed by atoms with E-state index in [4.69, 9.17) is 4.74 Å². The van der Waals surface area contributed by atoms with E-state index in [1.54, 1.807) is 6.33 Å². The van der Waals surface area contributed by atoms with Crippen molar-refractivity contribution < 1.29 is 4.74 Å². The Labute approximate surface area is 169 Å². The second kappa shape index (κ2) is 16.6. The van der Waals surface area contributed by atoms with E-state index in [0.717, 1.165) is 76.9 Å². The van der Waals surface area contributed by atoms with Crippen LogP contribution in [0.4, 0.5) is 0 Å². The van der Waals surface area contributed by atoms with Crippen molar-refractivity contribution in [1.29, 1.82) is 0 Å². The van der Waals surface area contributed by atoms with E-state index in [1.807, 2.05) is 0 Å². The van der Waals surface area contributed by atoms with Crippen molar-refractivity contribution in [2.24, 2.45) is 4.99 Å². The van der Waals surface area contributed by atoms with Crippen LogP contribution in [0.15, 0.2) is 11.3 Å². The number of hydrogen-bond acceptors (Lipinski definition) is 4. The fourth-order valence-electron chi connectivity index (χ4n) is 2.16. The van der Waals surface area contributed by atoms with Gasteiger partial charge in [-0.25, -0.2) is 0 Å². The molecule has 0 aliphatic rings. The molecule has 0 unspecified atom stereocenters. The quantitative estimate of drug-likeness (QED) is 0.202. The van der Waals surface area contributed by atoms with Crippen molar-refractivity contribution in [3.63, 3.8) is 0 Å². The van der Waals surface area contributed by atoms with Gasteiger partial charge in [0.25, 0.3) is 0 Å². The highest BCUT2D eigenvalue weighted by Crippen LogP contribution is 1.94. The lowest BCUT2D eigenvalue weighted by Crippen LogP contribution is -2.39. The van der Waals surface area contributed by atoms with Crippen molar-refractivity contribution in [2.45, 2.75) is 59.4 Å². The topological polar surface area (TPSA) is 76.4 Å². The van der Waals surface area contributed by atoms with Crippen molar-refractivity contribution in [1.82, 2.24) is 25.4 Å². The molecule has 0 aliphatic carbocycles. The van der Waals surface area contributed by atoms with Crippen LogP contribution in [0, 0.1) is 0 Å². The van der Waals surface area contributed by atoms with Crippen LogP contribution in [-0.4, -0.2) is 53.6 Å². The smallest absolute Gasteiger partial charge is 0.191 e. The molecule has 0 aliphatic heterocycles. The molecule has 0 radical (unpaired) electrons. The Balaban J connectivity index is 0.00000576. The lowest BCUT2D eigenvalue weighted by molar-refractivity contribution is 0.129. The molecule has 25 heavy (non-hydrogen) atoms. The summed E-state index contributed by atoms with van der Waals surface area (Å²) in [6, 6.07) is 0. The van der Waals surface area contributed by atoms with Gasteiger partial charge in [0.2, 0.25) is 0 Å². The molecule has 1 rings (SSSR count). The lowest BCUT2D eigenvalue weighted by atomic mass is 10.4. The minimum atomic E-state index is 0. The van der Waals surface area contributed by atoms with E-state index in [-0.39, 0.29) is 24.0 Å². The molecule has 1 aromatic heterocycles. The molecule has 8 heteroatoms. The first-order valence-corrected chi connectivity index (χ1v) is 9.28. The molecule has 0 saturated carbocycles. The summed E-state index contributed by atoms with van der Waals surface area (Å²) >= 11 is 0. The first kappa shape index (κ1) is 24.1. The van der Waals surface area contributed by atoms with Gasteiger partial charge in [0, 0.05) is 45.8 Å². The van der Waals surface area contributed by atoms with Crippen LogP contribution in [0.2, 0.25) is 0 Å². The van der Waals surface area contributed by atoms with Crippen LogP contribution in [0.3, 0.4) is 0 Å². The minimum Gasteiger partial charge on any atom is -0.381 e. The van der Waals surface area contributed by atoms with Gasteiger partial charge in [-0.05, 0) is 19.3 Å². The summed E-state index contributed by atoms with van der Waals surface area (Å²) in [5.74, 6) is 1.89. The molecule has 0 spiro atoms. The molecule has 1 aromatic rings. The second-order valence-electron chi connectivity index (χ2n) is 5.70. The molecule has 0 amide bonds. The van der Waals surface area contributed by atoms with Crippen LogP contribution in [0.25, 0.3) is 0 Å². The normalized spacial score (nSPS) is 11.2. The average Bonchev–Trinajstić information content (AvgIpc) is 3.05. The van der Waals surface area contributed by atoms with Gasteiger partial charge in [-0.1, -0.05) is 27.2 Å². The summed E-state index contributed by atoms with van der Waals surface area (Å²) in [5, 5.41) is 14.8. The summed E-state index contributed by atoms with van der Waals surface area (Å²) < 4.78 is 7.65. The van der Waals surface area contributed by atoms with E-state index in [0.29, 0.717) is 0 Å². The standard InChI is InChI=1S/C17H34N6O.HI/c1-4-7-13-24-14-8-10-19-17(18-9-5-2)20-11-12-23-15-21-22-16(23)6-3;/h15H,4-14H2,1-3H3,(H2,18,19,20);1H. The predicted molar refractivity (Wildman–Crippen MR) is 114 cm³/mol. The molecule has 7 nitrogen and oxygen atoms in total. The third kappa shape index (κ3) is 11.4. The highest BCUT2D eigenvalue weighted by molar-refractivity contribution is 14.0. The monoisotopic (exact) mass is 466 g/mol. The first-order chi connectivity index (χ1) is 11.8. The zero-order chi connectivity index (χ0) is 17.5. The molecule has 1 heterocycles. The number of nitrogens with one attached hydrogen (secondary N) is 2. The number of unbranched alkanes of at least 4 members (excludes halogenated alkanes) is 1. The zero-order valence-corrected chi connectivity index (χ0v) is 18.3. The number of halogens is 1. The molecule has 2 N–H and O–H groups in total. The molecular formula is C17H35IN6O. The predicted octanol–water partition coefficient (Wildman–Crippen LogP) is 2.61. The Morgan fingerprint density at radius 2 is 1.88 bits per heavy atom. The Morgan fingerprint density at radius 3 is 2.60 bits per heavy atom. The number of ether oxygens (including phenoxy) is 1. The maximum absolute atomic E-state index is 5.58. The van der Waals surface area contributed by atoms with Gasteiger partial charge in [0.15, 0.2) is 5.96 Å². The fraction of sp³-hybridized carbons (Fsp3) is 0.824. The number of rotatable bonds is 13. The van der Waals surface area contributed by atoms with Crippen LogP contribution >= 0.6 is 24.0 Å². The van der Waals surface area contributed by atoms with E-state index < -0.39 is 0 Å². The lowest BCUT2D eigenvalue weighted by Gasteiger charge is -2.13. The number of aromatic nitrogens is 3. The van der Waals surface area contributed by atoms with Crippen LogP contribution < -0.4 is 10.6 Å². The van der Waals surface area contributed by atoms with Crippen molar-refractivity contribution in [3.05, 3.63) is 12.2 Å². The van der Waals surface area contributed by atoms with Gasteiger partial charge in [0.1, 0.15) is 12.2 Å². The van der Waals surface area contributed by atoms with Gasteiger partial charge in [-0.15, -0.1) is 34.2 Å². The highest BCUT2D eigenvalue weighted by Gasteiger charge is 2.02. The summed E-state index contributed by atoms with van der Waals surface area (Å²) in [4.78, 5) is 4.56. The molecular weight excluding hydrogens is 431 g/mol. The number of nitrogens with zero attached hydrogens (tertiary/aromatic N) is 4. The molecule has 0 bridgehead atoms. The molecule has 146 valence electrons. The summed E-state index contributed by atoms with van der Waals surface area (Å²) in [6.45, 7) is 11.4. The van der Waals surface area contributed by atoms with Gasteiger partial charge in [0.05, 0.1) is 0 Å². The number of hydrogen-bond donors (Lipinski definition) is 2.